The summed E-state index contributed by atoms with van der Waals surface area (Å²) in [4.78, 5) is 9.90. The third kappa shape index (κ3) is 6.36. The van der Waals surface area contributed by atoms with E-state index in [4.69, 9.17) is 5.73 Å². The number of rotatable bonds is 5. The van der Waals surface area contributed by atoms with E-state index in [0.29, 0.717) is 0 Å². The van der Waals surface area contributed by atoms with Gasteiger partial charge in [-0.1, -0.05) is 0 Å². The lowest BCUT2D eigenvalue weighted by Crippen LogP contribution is -2.22. The highest BCUT2D eigenvalue weighted by atomic mass is 19.4. The van der Waals surface area contributed by atoms with Crippen LogP contribution >= 0.6 is 0 Å². The molecule has 0 aliphatic heterocycles. The quantitative estimate of drug-likeness (QED) is 0.823. The van der Waals surface area contributed by atoms with Crippen LogP contribution in [-0.4, -0.2) is 40.5 Å². The first kappa shape index (κ1) is 16.2. The van der Waals surface area contributed by atoms with Gasteiger partial charge in [0.25, 0.3) is 0 Å². The maximum atomic E-state index is 11.9. The Kier molecular flexibility index (Phi) is 4.92. The first-order chi connectivity index (χ1) is 9.09. The van der Waals surface area contributed by atoms with Crippen molar-refractivity contribution in [3.63, 3.8) is 0 Å². The summed E-state index contributed by atoms with van der Waals surface area (Å²) >= 11 is 0. The van der Waals surface area contributed by atoms with E-state index >= 15 is 0 Å². The molecule has 20 heavy (non-hydrogen) atoms. The van der Waals surface area contributed by atoms with Crippen LogP contribution in [0.1, 0.15) is 5.82 Å². The SMILES string of the molecule is NCc1nc(OCC(F)(F)F)nc(OCC(F)(F)F)n1. The van der Waals surface area contributed by atoms with Crippen LogP contribution in [-0.2, 0) is 6.54 Å². The topological polar surface area (TPSA) is 83.2 Å². The Balaban J connectivity index is 2.80. The second kappa shape index (κ2) is 6.07. The summed E-state index contributed by atoms with van der Waals surface area (Å²) in [5, 5.41) is 0. The number of hydrogen-bond acceptors (Lipinski definition) is 6. The van der Waals surface area contributed by atoms with Gasteiger partial charge in [0, 0.05) is 0 Å². The molecule has 1 rings (SSSR count). The van der Waals surface area contributed by atoms with E-state index in [9.17, 15) is 26.3 Å². The molecule has 1 aromatic rings. The van der Waals surface area contributed by atoms with Gasteiger partial charge in [-0.05, 0) is 0 Å². The van der Waals surface area contributed by atoms with Gasteiger partial charge in [-0.3, -0.25) is 0 Å². The Morgan fingerprint density at radius 1 is 0.800 bits per heavy atom. The molecule has 0 aliphatic rings. The highest BCUT2D eigenvalue weighted by molar-refractivity contribution is 5.05. The lowest BCUT2D eigenvalue weighted by molar-refractivity contribution is -0.156. The molecule has 2 N–H and O–H groups in total. The molecule has 0 radical (unpaired) electrons. The van der Waals surface area contributed by atoms with E-state index in [1.54, 1.807) is 0 Å². The Labute approximate surface area is 107 Å². The zero-order chi connectivity index (χ0) is 15.4. The Hall–Kier alpha value is -1.85. The second-order valence-corrected chi connectivity index (χ2v) is 3.33. The van der Waals surface area contributed by atoms with Crippen molar-refractivity contribution in [2.75, 3.05) is 13.2 Å². The number of hydrogen-bond donors (Lipinski definition) is 1. The molecule has 0 saturated heterocycles. The van der Waals surface area contributed by atoms with Crippen molar-refractivity contribution in [2.45, 2.75) is 18.9 Å². The fraction of sp³-hybridized carbons (Fsp3) is 0.625. The van der Waals surface area contributed by atoms with Crippen molar-refractivity contribution < 1.29 is 35.8 Å². The summed E-state index contributed by atoms with van der Waals surface area (Å²) in [5.41, 5.74) is 5.14. The number of halogens is 6. The van der Waals surface area contributed by atoms with Gasteiger partial charge < -0.3 is 15.2 Å². The molecule has 0 fully saturated rings. The van der Waals surface area contributed by atoms with Gasteiger partial charge in [-0.25, -0.2) is 0 Å². The van der Waals surface area contributed by atoms with Crippen LogP contribution in [0.3, 0.4) is 0 Å². The lowest BCUT2D eigenvalue weighted by Gasteiger charge is -2.11. The van der Waals surface area contributed by atoms with Crippen molar-refractivity contribution in [1.82, 2.24) is 15.0 Å². The van der Waals surface area contributed by atoms with Crippen LogP contribution < -0.4 is 15.2 Å². The van der Waals surface area contributed by atoms with E-state index in [1.807, 2.05) is 0 Å². The summed E-state index contributed by atoms with van der Waals surface area (Å²) in [6.07, 6.45) is -9.30. The summed E-state index contributed by atoms with van der Waals surface area (Å²) in [5.74, 6) is -0.269. The average molecular weight is 306 g/mol. The Morgan fingerprint density at radius 2 is 1.20 bits per heavy atom. The zero-order valence-corrected chi connectivity index (χ0v) is 9.62. The van der Waals surface area contributed by atoms with Crippen LogP contribution in [0.2, 0.25) is 0 Å². The molecule has 0 bridgehead atoms. The van der Waals surface area contributed by atoms with Gasteiger partial charge in [-0.15, -0.1) is 4.98 Å². The van der Waals surface area contributed by atoms with E-state index in [2.05, 4.69) is 24.4 Å². The maximum Gasteiger partial charge on any atom is 0.422 e. The third-order valence-corrected chi connectivity index (χ3v) is 1.55. The molecule has 114 valence electrons. The third-order valence-electron chi connectivity index (χ3n) is 1.55. The molecule has 0 amide bonds. The van der Waals surface area contributed by atoms with Crippen molar-refractivity contribution >= 4 is 0 Å². The zero-order valence-electron chi connectivity index (χ0n) is 9.62. The van der Waals surface area contributed by atoms with Crippen molar-refractivity contribution in [2.24, 2.45) is 5.73 Å². The minimum absolute atomic E-state index is 0.269. The van der Waals surface area contributed by atoms with Crippen LogP contribution in [0.25, 0.3) is 0 Å². The van der Waals surface area contributed by atoms with E-state index in [-0.39, 0.29) is 12.4 Å². The summed E-state index contributed by atoms with van der Waals surface area (Å²) in [6, 6.07) is -1.65. The smallest absolute Gasteiger partial charge is 0.422 e. The van der Waals surface area contributed by atoms with E-state index in [1.165, 1.54) is 0 Å². The highest BCUT2D eigenvalue weighted by Crippen LogP contribution is 2.19. The van der Waals surface area contributed by atoms with Gasteiger partial charge in [0.05, 0.1) is 6.54 Å². The van der Waals surface area contributed by atoms with Crippen molar-refractivity contribution in [1.29, 1.82) is 0 Å². The molecular formula is C8H8F6N4O2. The van der Waals surface area contributed by atoms with Gasteiger partial charge in [-0.2, -0.15) is 36.3 Å². The Bertz CT molecular complexity index is 413. The minimum atomic E-state index is -4.65. The molecule has 0 spiro atoms. The second-order valence-electron chi connectivity index (χ2n) is 3.33. The van der Waals surface area contributed by atoms with E-state index < -0.39 is 37.6 Å². The summed E-state index contributed by atoms with van der Waals surface area (Å²) in [6.45, 7) is -3.76. The molecule has 1 aromatic heterocycles. The number of ether oxygens (including phenoxy) is 2. The monoisotopic (exact) mass is 306 g/mol. The van der Waals surface area contributed by atoms with E-state index in [0.717, 1.165) is 0 Å². The van der Waals surface area contributed by atoms with Crippen LogP contribution in [0.15, 0.2) is 0 Å². The van der Waals surface area contributed by atoms with Gasteiger partial charge in [0.2, 0.25) is 0 Å². The molecule has 1 heterocycles. The number of alkyl halides is 6. The molecule has 0 unspecified atom stereocenters. The molecule has 12 heteroatoms. The molecular weight excluding hydrogens is 298 g/mol. The molecule has 6 nitrogen and oxygen atoms in total. The van der Waals surface area contributed by atoms with Gasteiger partial charge >= 0.3 is 24.4 Å². The fourth-order valence-electron chi connectivity index (χ4n) is 0.891. The van der Waals surface area contributed by atoms with Gasteiger partial charge in [0.15, 0.2) is 19.0 Å². The number of nitrogens with zero attached hydrogens (tertiary/aromatic N) is 3. The number of nitrogens with two attached hydrogens (primary N) is 1. The molecule has 0 saturated carbocycles. The van der Waals surface area contributed by atoms with Crippen molar-refractivity contribution in [3.05, 3.63) is 5.82 Å². The fourth-order valence-corrected chi connectivity index (χ4v) is 0.891. The molecule has 0 aliphatic carbocycles. The highest BCUT2D eigenvalue weighted by Gasteiger charge is 2.30. The van der Waals surface area contributed by atoms with Crippen LogP contribution in [0.4, 0.5) is 26.3 Å². The van der Waals surface area contributed by atoms with Crippen LogP contribution in [0.5, 0.6) is 12.0 Å². The van der Waals surface area contributed by atoms with Crippen molar-refractivity contribution in [3.8, 4) is 12.0 Å². The predicted octanol–water partition coefficient (Wildman–Crippen LogP) is 1.21. The first-order valence-corrected chi connectivity index (χ1v) is 4.93. The normalized spacial score (nSPS) is 12.3. The predicted molar refractivity (Wildman–Crippen MR) is 50.8 cm³/mol. The first-order valence-electron chi connectivity index (χ1n) is 4.93. The average Bonchev–Trinajstić information content (AvgIpc) is 2.32. The summed E-state index contributed by atoms with van der Waals surface area (Å²) in [7, 11) is 0. The molecule has 0 atom stereocenters. The Morgan fingerprint density at radius 3 is 1.50 bits per heavy atom. The standard InChI is InChI=1S/C8H8F6N4O2/c9-7(10,11)2-19-5-16-4(1-15)17-6(18-5)20-3-8(12,13)14/h1-3,15H2. The number of aromatic nitrogens is 3. The van der Waals surface area contributed by atoms with Crippen LogP contribution in [0, 0.1) is 0 Å². The minimum Gasteiger partial charge on any atom is -0.454 e. The summed E-state index contributed by atoms with van der Waals surface area (Å²) < 4.78 is 79.9. The largest absolute Gasteiger partial charge is 0.454 e. The molecule has 0 aromatic carbocycles. The lowest BCUT2D eigenvalue weighted by atomic mass is 10.6. The van der Waals surface area contributed by atoms with Gasteiger partial charge in [0.1, 0.15) is 0 Å². The maximum absolute atomic E-state index is 11.9.